The second kappa shape index (κ2) is 4.26. The van der Waals surface area contributed by atoms with Gasteiger partial charge in [0.2, 0.25) is 0 Å². The van der Waals surface area contributed by atoms with Crippen LogP contribution in [0.5, 0.6) is 0 Å². The minimum absolute atomic E-state index is 0.308. The molecule has 0 unspecified atom stereocenters. The third kappa shape index (κ3) is 1.68. The highest BCUT2D eigenvalue weighted by Gasteiger charge is 2.33. The number of nitrogens with zero attached hydrogens (tertiary/aromatic N) is 1. The summed E-state index contributed by atoms with van der Waals surface area (Å²) in [7, 11) is 0. The standard InChI is InChI=1S/C18H21N/c1-2-4-11-18(10-3-1)12-6-13-19-14-9-15-7-5-8-16(18)17(15)19/h5-9,12,14H,1-4,10-11,13H2. The van der Waals surface area contributed by atoms with Gasteiger partial charge in [0.1, 0.15) is 0 Å². The molecule has 1 aliphatic carbocycles. The molecule has 4 rings (SSSR count). The topological polar surface area (TPSA) is 4.93 Å². The zero-order valence-corrected chi connectivity index (χ0v) is 11.4. The van der Waals surface area contributed by atoms with E-state index in [0.717, 1.165) is 6.54 Å². The molecule has 1 heteroatoms. The minimum atomic E-state index is 0.308. The normalized spacial score (nSPS) is 21.5. The van der Waals surface area contributed by atoms with Crippen LogP contribution in [0.25, 0.3) is 10.9 Å². The summed E-state index contributed by atoms with van der Waals surface area (Å²) in [6.07, 6.45) is 15.4. The lowest BCUT2D eigenvalue weighted by Gasteiger charge is -2.30. The summed E-state index contributed by atoms with van der Waals surface area (Å²) in [5.74, 6) is 0. The molecule has 2 aliphatic rings. The molecule has 2 heterocycles. The van der Waals surface area contributed by atoms with Crippen molar-refractivity contribution in [3.8, 4) is 0 Å². The molecule has 0 N–H and O–H groups in total. The summed E-state index contributed by atoms with van der Waals surface area (Å²) in [5.41, 5.74) is 3.36. The van der Waals surface area contributed by atoms with Crippen molar-refractivity contribution in [1.82, 2.24) is 4.57 Å². The van der Waals surface area contributed by atoms with Gasteiger partial charge in [-0.25, -0.2) is 0 Å². The van der Waals surface area contributed by atoms with Crippen molar-refractivity contribution in [2.45, 2.75) is 50.5 Å². The van der Waals surface area contributed by atoms with Crippen molar-refractivity contribution in [1.29, 1.82) is 0 Å². The highest BCUT2D eigenvalue weighted by Crippen LogP contribution is 2.43. The van der Waals surface area contributed by atoms with Crippen molar-refractivity contribution in [2.75, 3.05) is 0 Å². The fourth-order valence-corrected chi connectivity index (χ4v) is 4.09. The van der Waals surface area contributed by atoms with Gasteiger partial charge in [0.25, 0.3) is 0 Å². The quantitative estimate of drug-likeness (QED) is 0.592. The van der Waals surface area contributed by atoms with E-state index < -0.39 is 0 Å². The molecule has 2 aromatic rings. The largest absolute Gasteiger partial charge is 0.343 e. The molecule has 0 radical (unpaired) electrons. The van der Waals surface area contributed by atoms with Crippen LogP contribution in [-0.2, 0) is 12.0 Å². The lowest BCUT2D eigenvalue weighted by atomic mass is 9.73. The molecular weight excluding hydrogens is 230 g/mol. The summed E-state index contributed by atoms with van der Waals surface area (Å²) in [6, 6.07) is 9.14. The Bertz CT molecular complexity index is 624. The van der Waals surface area contributed by atoms with Gasteiger partial charge in [-0.15, -0.1) is 0 Å². The maximum atomic E-state index is 2.53. The van der Waals surface area contributed by atoms with E-state index >= 15 is 0 Å². The Labute approximate surface area is 114 Å². The molecule has 1 nitrogen and oxygen atoms in total. The number of hydrogen-bond donors (Lipinski definition) is 0. The number of para-hydroxylation sites is 1. The van der Waals surface area contributed by atoms with Gasteiger partial charge in [0.15, 0.2) is 0 Å². The van der Waals surface area contributed by atoms with E-state index in [1.807, 2.05) is 0 Å². The van der Waals surface area contributed by atoms with Crippen LogP contribution in [0.3, 0.4) is 0 Å². The van der Waals surface area contributed by atoms with Gasteiger partial charge in [0, 0.05) is 18.2 Å². The fraction of sp³-hybridized carbons (Fsp3) is 0.444. The summed E-state index contributed by atoms with van der Waals surface area (Å²) < 4.78 is 2.42. The molecule has 1 saturated carbocycles. The first kappa shape index (κ1) is 11.3. The van der Waals surface area contributed by atoms with Crippen LogP contribution in [0.4, 0.5) is 0 Å². The average molecular weight is 251 g/mol. The summed E-state index contributed by atoms with van der Waals surface area (Å²) in [4.78, 5) is 0. The van der Waals surface area contributed by atoms with Gasteiger partial charge in [-0.05, 0) is 29.9 Å². The predicted molar refractivity (Wildman–Crippen MR) is 80.5 cm³/mol. The number of aromatic nitrogens is 1. The third-order valence-electron chi connectivity index (χ3n) is 5.06. The Kier molecular flexibility index (Phi) is 2.54. The summed E-state index contributed by atoms with van der Waals surface area (Å²) in [6.45, 7) is 1.03. The van der Waals surface area contributed by atoms with Crippen LogP contribution in [0, 0.1) is 0 Å². The highest BCUT2D eigenvalue weighted by molar-refractivity contribution is 5.85. The van der Waals surface area contributed by atoms with Crippen LogP contribution in [0.1, 0.15) is 44.1 Å². The van der Waals surface area contributed by atoms with Crippen LogP contribution in [0.2, 0.25) is 0 Å². The Balaban J connectivity index is 1.98. The Morgan fingerprint density at radius 1 is 0.947 bits per heavy atom. The van der Waals surface area contributed by atoms with Gasteiger partial charge >= 0.3 is 0 Å². The summed E-state index contributed by atoms with van der Waals surface area (Å²) in [5, 5.41) is 1.41. The van der Waals surface area contributed by atoms with Gasteiger partial charge < -0.3 is 4.57 Å². The monoisotopic (exact) mass is 251 g/mol. The summed E-state index contributed by atoms with van der Waals surface area (Å²) >= 11 is 0. The molecule has 0 saturated heterocycles. The van der Waals surface area contributed by atoms with Gasteiger partial charge in [-0.1, -0.05) is 56.0 Å². The Morgan fingerprint density at radius 3 is 2.63 bits per heavy atom. The lowest BCUT2D eigenvalue weighted by Crippen LogP contribution is -2.22. The van der Waals surface area contributed by atoms with E-state index in [-0.39, 0.29) is 0 Å². The van der Waals surface area contributed by atoms with Crippen molar-refractivity contribution in [2.24, 2.45) is 0 Å². The second-order valence-electron chi connectivity index (χ2n) is 6.18. The Hall–Kier alpha value is -1.50. The third-order valence-corrected chi connectivity index (χ3v) is 5.06. The first-order valence-corrected chi connectivity index (χ1v) is 7.65. The van der Waals surface area contributed by atoms with Crippen LogP contribution >= 0.6 is 0 Å². The van der Waals surface area contributed by atoms with Crippen molar-refractivity contribution >= 4 is 10.9 Å². The maximum Gasteiger partial charge on any atom is 0.0524 e. The van der Waals surface area contributed by atoms with Gasteiger partial charge in [0.05, 0.1) is 5.52 Å². The number of hydrogen-bond acceptors (Lipinski definition) is 0. The zero-order valence-electron chi connectivity index (χ0n) is 11.4. The first-order chi connectivity index (χ1) is 9.39. The van der Waals surface area contributed by atoms with E-state index in [2.05, 4.69) is 47.2 Å². The molecule has 1 aromatic heterocycles. The smallest absolute Gasteiger partial charge is 0.0524 e. The lowest BCUT2D eigenvalue weighted by molar-refractivity contribution is 0.466. The molecule has 1 fully saturated rings. The van der Waals surface area contributed by atoms with E-state index in [1.165, 1.54) is 49.4 Å². The number of benzene rings is 1. The molecule has 0 bridgehead atoms. The van der Waals surface area contributed by atoms with E-state index in [0.29, 0.717) is 5.41 Å². The zero-order chi connectivity index (χ0) is 12.7. The van der Waals surface area contributed by atoms with E-state index in [4.69, 9.17) is 0 Å². The van der Waals surface area contributed by atoms with Gasteiger partial charge in [-0.2, -0.15) is 0 Å². The molecule has 98 valence electrons. The maximum absolute atomic E-state index is 2.53. The Morgan fingerprint density at radius 2 is 1.79 bits per heavy atom. The van der Waals surface area contributed by atoms with Crippen LogP contribution in [-0.4, -0.2) is 4.57 Å². The first-order valence-electron chi connectivity index (χ1n) is 7.65. The van der Waals surface area contributed by atoms with Crippen LogP contribution in [0.15, 0.2) is 42.6 Å². The molecular formula is C18H21N. The predicted octanol–water partition coefficient (Wildman–Crippen LogP) is 4.80. The molecule has 19 heavy (non-hydrogen) atoms. The van der Waals surface area contributed by atoms with Crippen molar-refractivity contribution in [3.05, 3.63) is 48.2 Å². The second-order valence-corrected chi connectivity index (χ2v) is 6.18. The highest BCUT2D eigenvalue weighted by atomic mass is 15.0. The molecule has 1 aromatic carbocycles. The molecule has 0 amide bonds. The average Bonchev–Trinajstić information content (AvgIpc) is 2.62. The van der Waals surface area contributed by atoms with E-state index in [1.54, 1.807) is 5.56 Å². The fourth-order valence-electron chi connectivity index (χ4n) is 4.09. The minimum Gasteiger partial charge on any atom is -0.343 e. The molecule has 1 aliphatic heterocycles. The molecule has 1 spiro atoms. The van der Waals surface area contributed by atoms with Crippen molar-refractivity contribution < 1.29 is 0 Å². The number of fused-ring (bicyclic) bond motifs is 1. The number of allylic oxidation sites excluding steroid dienone is 2. The van der Waals surface area contributed by atoms with Gasteiger partial charge in [-0.3, -0.25) is 0 Å². The number of rotatable bonds is 0. The van der Waals surface area contributed by atoms with Crippen LogP contribution < -0.4 is 0 Å². The van der Waals surface area contributed by atoms with E-state index in [9.17, 15) is 0 Å². The van der Waals surface area contributed by atoms with Crippen molar-refractivity contribution in [3.63, 3.8) is 0 Å². The molecule has 0 atom stereocenters. The SMILES string of the molecule is C1=CC2(CCCCCC2)c2cccc3ccn(c23)C1.